The first kappa shape index (κ1) is 16.7. The highest BCUT2D eigenvalue weighted by Crippen LogP contribution is 2.13. The number of carbonyl (C=O) groups excluding carboxylic acids is 1. The number of benzene rings is 1. The number of rotatable bonds is 8. The van der Waals surface area contributed by atoms with Gasteiger partial charge in [0, 0.05) is 44.6 Å². The van der Waals surface area contributed by atoms with Crippen molar-refractivity contribution < 1.29 is 4.79 Å². The van der Waals surface area contributed by atoms with Gasteiger partial charge in [0.15, 0.2) is 0 Å². The molecular weight excluding hydrogens is 302 g/mol. The van der Waals surface area contributed by atoms with E-state index in [0.717, 1.165) is 39.1 Å². The second kappa shape index (κ2) is 8.61. The average Bonchev–Trinajstić information content (AvgIpc) is 3.25. The monoisotopic (exact) mass is 327 g/mol. The normalized spacial score (nSPS) is 17.9. The van der Waals surface area contributed by atoms with E-state index in [-0.39, 0.29) is 11.9 Å². The van der Waals surface area contributed by atoms with Crippen molar-refractivity contribution in [2.75, 3.05) is 26.2 Å². The Kier molecular flexibility index (Phi) is 5.98. The third-order valence-electron chi connectivity index (χ3n) is 4.25. The topological polar surface area (TPSA) is 62.2 Å². The van der Waals surface area contributed by atoms with Crippen molar-refractivity contribution in [3.05, 3.63) is 54.4 Å². The lowest BCUT2D eigenvalue weighted by molar-refractivity contribution is -0.120. The molecule has 1 fully saturated rings. The van der Waals surface area contributed by atoms with Crippen molar-refractivity contribution in [3.8, 4) is 0 Å². The first-order valence-electron chi connectivity index (χ1n) is 8.53. The van der Waals surface area contributed by atoms with Gasteiger partial charge in [-0.05, 0) is 18.1 Å². The smallest absolute Gasteiger partial charge is 0.234 e. The molecule has 2 N–H and O–H groups in total. The van der Waals surface area contributed by atoms with Gasteiger partial charge in [-0.3, -0.25) is 14.4 Å². The maximum Gasteiger partial charge on any atom is 0.234 e. The Balaban J connectivity index is 1.31. The van der Waals surface area contributed by atoms with Crippen LogP contribution >= 0.6 is 0 Å². The lowest BCUT2D eigenvalue weighted by atomic mass is 10.2. The largest absolute Gasteiger partial charge is 0.351 e. The molecule has 0 spiro atoms. The van der Waals surface area contributed by atoms with E-state index < -0.39 is 0 Å². The molecule has 0 unspecified atom stereocenters. The van der Waals surface area contributed by atoms with Crippen molar-refractivity contribution in [2.45, 2.75) is 25.6 Å². The molecule has 1 amide bonds. The summed E-state index contributed by atoms with van der Waals surface area (Å²) in [5.74, 6) is 0.0713. The molecule has 0 radical (unpaired) electrons. The summed E-state index contributed by atoms with van der Waals surface area (Å²) < 4.78 is 1.85. The van der Waals surface area contributed by atoms with Gasteiger partial charge in [-0.15, -0.1) is 0 Å². The number of nitrogens with one attached hydrogen (secondary N) is 2. The lowest BCUT2D eigenvalue weighted by Gasteiger charge is -2.17. The van der Waals surface area contributed by atoms with Gasteiger partial charge in [0.1, 0.15) is 0 Å². The Hall–Kier alpha value is -2.18. The Morgan fingerprint density at radius 3 is 2.92 bits per heavy atom. The van der Waals surface area contributed by atoms with Crippen LogP contribution in [-0.4, -0.2) is 52.8 Å². The second-order valence-electron chi connectivity index (χ2n) is 6.22. The van der Waals surface area contributed by atoms with E-state index in [1.807, 2.05) is 23.0 Å². The number of carbonyl (C=O) groups is 1. The van der Waals surface area contributed by atoms with Crippen LogP contribution in [0.5, 0.6) is 0 Å². The second-order valence-corrected chi connectivity index (χ2v) is 6.22. The molecule has 0 saturated carbocycles. The van der Waals surface area contributed by atoms with Crippen LogP contribution in [0.25, 0.3) is 0 Å². The van der Waals surface area contributed by atoms with Gasteiger partial charge in [0.2, 0.25) is 5.91 Å². The lowest BCUT2D eigenvalue weighted by Crippen LogP contribution is -2.42. The molecule has 6 nitrogen and oxygen atoms in total. The van der Waals surface area contributed by atoms with E-state index in [1.165, 1.54) is 5.56 Å². The van der Waals surface area contributed by atoms with Gasteiger partial charge in [0.25, 0.3) is 0 Å². The number of amides is 1. The van der Waals surface area contributed by atoms with Crippen LogP contribution in [0.1, 0.15) is 12.0 Å². The highest BCUT2D eigenvalue weighted by atomic mass is 16.2. The summed E-state index contributed by atoms with van der Waals surface area (Å²) >= 11 is 0. The third-order valence-corrected chi connectivity index (χ3v) is 4.25. The minimum atomic E-state index is 0.0713. The molecule has 1 atom stereocenters. The Morgan fingerprint density at radius 1 is 1.25 bits per heavy atom. The number of hydrogen-bond donors (Lipinski definition) is 2. The van der Waals surface area contributed by atoms with Crippen LogP contribution in [0, 0.1) is 0 Å². The summed E-state index contributed by atoms with van der Waals surface area (Å²) in [5, 5.41) is 10.4. The summed E-state index contributed by atoms with van der Waals surface area (Å²) in [4.78, 5) is 14.4. The molecule has 0 bridgehead atoms. The average molecular weight is 327 g/mol. The standard InChI is InChI=1S/C18H25N5O/c24-18(13-19-9-12-23-10-4-8-20-23)21-17-7-11-22(15-17)14-16-5-2-1-3-6-16/h1-6,8,10,17,19H,7,9,11-15H2,(H,21,24)/t17-/m1/s1. The van der Waals surface area contributed by atoms with Crippen LogP contribution in [-0.2, 0) is 17.9 Å². The third kappa shape index (κ3) is 5.18. The highest BCUT2D eigenvalue weighted by molar-refractivity contribution is 5.78. The summed E-state index contributed by atoms with van der Waals surface area (Å²) in [7, 11) is 0. The van der Waals surface area contributed by atoms with Gasteiger partial charge in [-0.2, -0.15) is 5.10 Å². The van der Waals surface area contributed by atoms with E-state index in [1.54, 1.807) is 6.20 Å². The molecular formula is C18H25N5O. The van der Waals surface area contributed by atoms with E-state index in [4.69, 9.17) is 0 Å². The Bertz CT molecular complexity index is 614. The maximum absolute atomic E-state index is 12.0. The first-order valence-corrected chi connectivity index (χ1v) is 8.53. The van der Waals surface area contributed by atoms with Gasteiger partial charge in [-0.25, -0.2) is 0 Å². The molecule has 3 rings (SSSR count). The maximum atomic E-state index is 12.0. The summed E-state index contributed by atoms with van der Waals surface area (Å²) in [5.41, 5.74) is 1.32. The Morgan fingerprint density at radius 2 is 2.12 bits per heavy atom. The van der Waals surface area contributed by atoms with Gasteiger partial charge in [0.05, 0.1) is 13.1 Å². The first-order chi connectivity index (χ1) is 11.8. The quantitative estimate of drug-likeness (QED) is 0.706. The zero-order valence-electron chi connectivity index (χ0n) is 13.9. The number of likely N-dealkylation sites (tertiary alicyclic amines) is 1. The minimum Gasteiger partial charge on any atom is -0.351 e. The van der Waals surface area contributed by atoms with Crippen LogP contribution < -0.4 is 10.6 Å². The van der Waals surface area contributed by atoms with Crippen LogP contribution in [0.15, 0.2) is 48.8 Å². The summed E-state index contributed by atoms with van der Waals surface area (Å²) in [6, 6.07) is 12.6. The minimum absolute atomic E-state index is 0.0713. The number of hydrogen-bond acceptors (Lipinski definition) is 4. The van der Waals surface area contributed by atoms with E-state index >= 15 is 0 Å². The number of nitrogens with zero attached hydrogens (tertiary/aromatic N) is 3. The van der Waals surface area contributed by atoms with E-state index in [0.29, 0.717) is 6.54 Å². The molecule has 2 aromatic rings. The fourth-order valence-corrected chi connectivity index (χ4v) is 3.04. The van der Waals surface area contributed by atoms with Crippen molar-refractivity contribution >= 4 is 5.91 Å². The van der Waals surface area contributed by atoms with Gasteiger partial charge < -0.3 is 10.6 Å². The molecule has 0 aliphatic carbocycles. The highest BCUT2D eigenvalue weighted by Gasteiger charge is 2.23. The summed E-state index contributed by atoms with van der Waals surface area (Å²) in [6.45, 7) is 4.78. The van der Waals surface area contributed by atoms with Crippen LogP contribution in [0.4, 0.5) is 0 Å². The molecule has 128 valence electrons. The predicted molar refractivity (Wildman–Crippen MR) is 93.4 cm³/mol. The van der Waals surface area contributed by atoms with Crippen molar-refractivity contribution in [3.63, 3.8) is 0 Å². The van der Waals surface area contributed by atoms with Crippen molar-refractivity contribution in [2.24, 2.45) is 0 Å². The molecule has 6 heteroatoms. The van der Waals surface area contributed by atoms with E-state index in [2.05, 4.69) is 44.9 Å². The molecule has 1 aliphatic heterocycles. The van der Waals surface area contributed by atoms with Gasteiger partial charge >= 0.3 is 0 Å². The SMILES string of the molecule is O=C(CNCCn1cccn1)N[C@@H]1CCN(Cc2ccccc2)C1. The molecule has 1 saturated heterocycles. The predicted octanol–water partition coefficient (Wildman–Crippen LogP) is 0.863. The zero-order valence-corrected chi connectivity index (χ0v) is 13.9. The fraction of sp³-hybridized carbons (Fsp3) is 0.444. The van der Waals surface area contributed by atoms with E-state index in [9.17, 15) is 4.79 Å². The van der Waals surface area contributed by atoms with Crippen molar-refractivity contribution in [1.82, 2.24) is 25.3 Å². The summed E-state index contributed by atoms with van der Waals surface area (Å²) in [6.07, 6.45) is 4.70. The fourth-order valence-electron chi connectivity index (χ4n) is 3.04. The van der Waals surface area contributed by atoms with Gasteiger partial charge in [-0.1, -0.05) is 30.3 Å². The molecule has 24 heavy (non-hydrogen) atoms. The van der Waals surface area contributed by atoms with Crippen LogP contribution in [0.3, 0.4) is 0 Å². The van der Waals surface area contributed by atoms with Crippen molar-refractivity contribution in [1.29, 1.82) is 0 Å². The molecule has 1 aromatic carbocycles. The molecule has 2 heterocycles. The number of aromatic nitrogens is 2. The zero-order chi connectivity index (χ0) is 16.6. The molecule has 1 aliphatic rings. The van der Waals surface area contributed by atoms with Crippen LogP contribution in [0.2, 0.25) is 0 Å². The Labute approximate surface area is 142 Å². The molecule has 1 aromatic heterocycles.